The van der Waals surface area contributed by atoms with Crippen molar-refractivity contribution in [1.82, 2.24) is 0 Å². The normalized spacial score (nSPS) is 10.2. The molecular formula is C20H21ClN2O4. The van der Waals surface area contributed by atoms with E-state index >= 15 is 0 Å². The van der Waals surface area contributed by atoms with Gasteiger partial charge in [0.2, 0.25) is 11.8 Å². The van der Waals surface area contributed by atoms with Gasteiger partial charge in [0.25, 0.3) is 0 Å². The molecule has 7 heteroatoms. The van der Waals surface area contributed by atoms with Gasteiger partial charge in [-0.2, -0.15) is 0 Å². The van der Waals surface area contributed by atoms with Crippen LogP contribution in [-0.4, -0.2) is 31.3 Å². The minimum atomic E-state index is -0.276. The fraction of sp³-hybridized carbons (Fsp3) is 0.250. The highest BCUT2D eigenvalue weighted by Gasteiger charge is 2.15. The number of carbonyl (C=O) groups excluding carboxylic acids is 3. The number of nitrogens with one attached hydrogen (secondary N) is 1. The molecule has 2 rings (SSSR count). The number of ketones is 1. The summed E-state index contributed by atoms with van der Waals surface area (Å²) < 4.78 is 5.20. The lowest BCUT2D eigenvalue weighted by molar-refractivity contribution is -0.117. The second kappa shape index (κ2) is 9.19. The third-order valence-electron chi connectivity index (χ3n) is 3.96. The summed E-state index contributed by atoms with van der Waals surface area (Å²) in [4.78, 5) is 37.1. The molecule has 142 valence electrons. The fourth-order valence-electron chi connectivity index (χ4n) is 2.55. The molecule has 0 radical (unpaired) electrons. The second-order valence-electron chi connectivity index (χ2n) is 5.92. The van der Waals surface area contributed by atoms with E-state index in [2.05, 4.69) is 5.32 Å². The largest absolute Gasteiger partial charge is 0.495 e. The Kier molecular flexibility index (Phi) is 6.96. The Balaban J connectivity index is 2.05. The van der Waals surface area contributed by atoms with Gasteiger partial charge in [-0.05, 0) is 49.4 Å². The van der Waals surface area contributed by atoms with E-state index in [4.69, 9.17) is 16.3 Å². The number of rotatable bonds is 7. The monoisotopic (exact) mass is 388 g/mol. The van der Waals surface area contributed by atoms with E-state index in [9.17, 15) is 14.4 Å². The van der Waals surface area contributed by atoms with Crippen LogP contribution in [0, 0.1) is 0 Å². The van der Waals surface area contributed by atoms with Crippen LogP contribution in [0.25, 0.3) is 0 Å². The minimum absolute atomic E-state index is 0.0502. The van der Waals surface area contributed by atoms with Crippen LogP contribution in [0.4, 0.5) is 11.4 Å². The summed E-state index contributed by atoms with van der Waals surface area (Å²) in [5.41, 5.74) is 1.66. The molecule has 0 unspecified atom stereocenters. The highest BCUT2D eigenvalue weighted by molar-refractivity contribution is 6.31. The SMILES string of the molecule is COc1ccc(Cl)cc1NC(=O)CCN(C(C)=O)c1ccc(C(C)=O)cc1. The maximum absolute atomic E-state index is 12.3. The smallest absolute Gasteiger partial charge is 0.226 e. The number of Topliss-reactive ketones (excluding diaryl/α,β-unsaturated/α-hetero) is 1. The fourth-order valence-corrected chi connectivity index (χ4v) is 2.72. The zero-order valence-corrected chi connectivity index (χ0v) is 16.2. The molecule has 0 spiro atoms. The highest BCUT2D eigenvalue weighted by atomic mass is 35.5. The summed E-state index contributed by atoms with van der Waals surface area (Å²) in [5, 5.41) is 3.22. The second-order valence-corrected chi connectivity index (χ2v) is 6.35. The van der Waals surface area contributed by atoms with Gasteiger partial charge in [0.1, 0.15) is 5.75 Å². The lowest BCUT2D eigenvalue weighted by Gasteiger charge is -2.21. The number of hydrogen-bond acceptors (Lipinski definition) is 4. The molecular weight excluding hydrogens is 368 g/mol. The van der Waals surface area contributed by atoms with Gasteiger partial charge in [0.15, 0.2) is 5.78 Å². The van der Waals surface area contributed by atoms with Gasteiger partial charge in [-0.25, -0.2) is 0 Å². The number of methoxy groups -OCH3 is 1. The highest BCUT2D eigenvalue weighted by Crippen LogP contribution is 2.27. The summed E-state index contributed by atoms with van der Waals surface area (Å²) >= 11 is 5.96. The Hall–Kier alpha value is -2.86. The molecule has 0 fully saturated rings. The van der Waals surface area contributed by atoms with Gasteiger partial charge in [0.05, 0.1) is 12.8 Å². The number of anilines is 2. The van der Waals surface area contributed by atoms with Crippen molar-refractivity contribution in [3.05, 3.63) is 53.1 Å². The molecule has 0 atom stereocenters. The molecule has 0 aliphatic rings. The molecule has 2 aromatic carbocycles. The average molecular weight is 389 g/mol. The maximum Gasteiger partial charge on any atom is 0.226 e. The van der Waals surface area contributed by atoms with Crippen molar-refractivity contribution in [2.45, 2.75) is 20.3 Å². The molecule has 2 amide bonds. The summed E-state index contributed by atoms with van der Waals surface area (Å²) in [6, 6.07) is 11.6. The molecule has 0 aromatic heterocycles. The summed E-state index contributed by atoms with van der Waals surface area (Å²) in [6.07, 6.45) is 0.0870. The minimum Gasteiger partial charge on any atom is -0.495 e. The predicted molar refractivity (Wildman–Crippen MR) is 106 cm³/mol. The number of benzene rings is 2. The molecule has 6 nitrogen and oxygen atoms in total. The van der Waals surface area contributed by atoms with Crippen molar-refractivity contribution in [2.75, 3.05) is 23.9 Å². The van der Waals surface area contributed by atoms with E-state index in [1.807, 2.05) is 0 Å². The first-order valence-corrected chi connectivity index (χ1v) is 8.72. The lowest BCUT2D eigenvalue weighted by Crippen LogP contribution is -2.32. The van der Waals surface area contributed by atoms with Crippen molar-refractivity contribution >= 4 is 40.6 Å². The summed E-state index contributed by atoms with van der Waals surface area (Å²) in [5.74, 6) is -0.0253. The average Bonchev–Trinajstić information content (AvgIpc) is 2.62. The van der Waals surface area contributed by atoms with Crippen LogP contribution in [-0.2, 0) is 9.59 Å². The Labute approximate surface area is 163 Å². The molecule has 0 aliphatic heterocycles. The quantitative estimate of drug-likeness (QED) is 0.729. The Morgan fingerprint density at radius 3 is 2.30 bits per heavy atom. The van der Waals surface area contributed by atoms with E-state index in [0.717, 1.165) is 0 Å². The van der Waals surface area contributed by atoms with E-state index in [0.29, 0.717) is 27.7 Å². The molecule has 2 aromatic rings. The maximum atomic E-state index is 12.3. The lowest BCUT2D eigenvalue weighted by atomic mass is 10.1. The topological polar surface area (TPSA) is 75.7 Å². The van der Waals surface area contributed by atoms with Crippen molar-refractivity contribution in [3.8, 4) is 5.75 Å². The van der Waals surface area contributed by atoms with E-state index in [-0.39, 0.29) is 30.6 Å². The standard InChI is InChI=1S/C20H21ClN2O4/c1-13(24)15-4-7-17(8-5-15)23(14(2)25)11-10-20(26)22-18-12-16(21)6-9-19(18)27-3/h4-9,12H,10-11H2,1-3H3,(H,22,26). The number of hydrogen-bond donors (Lipinski definition) is 1. The van der Waals surface area contributed by atoms with Crippen molar-refractivity contribution < 1.29 is 19.1 Å². The van der Waals surface area contributed by atoms with E-state index in [1.165, 1.54) is 25.9 Å². The van der Waals surface area contributed by atoms with Gasteiger partial charge in [-0.15, -0.1) is 0 Å². The first-order valence-electron chi connectivity index (χ1n) is 8.34. The van der Waals surface area contributed by atoms with Crippen LogP contribution in [0.5, 0.6) is 5.75 Å². The predicted octanol–water partition coefficient (Wildman–Crippen LogP) is 3.93. The van der Waals surface area contributed by atoms with Gasteiger partial charge in [0, 0.05) is 36.2 Å². The first-order chi connectivity index (χ1) is 12.8. The Bertz CT molecular complexity index is 850. The van der Waals surface area contributed by atoms with Crippen molar-refractivity contribution in [2.24, 2.45) is 0 Å². The van der Waals surface area contributed by atoms with Gasteiger partial charge < -0.3 is 15.0 Å². The molecule has 0 aliphatic carbocycles. The third-order valence-corrected chi connectivity index (χ3v) is 4.20. The zero-order valence-electron chi connectivity index (χ0n) is 15.4. The molecule has 0 saturated heterocycles. The molecule has 1 N–H and O–H groups in total. The molecule has 0 bridgehead atoms. The van der Waals surface area contributed by atoms with Crippen LogP contribution < -0.4 is 15.0 Å². The number of amides is 2. The molecule has 27 heavy (non-hydrogen) atoms. The van der Waals surface area contributed by atoms with Crippen LogP contribution in [0.3, 0.4) is 0 Å². The number of ether oxygens (including phenoxy) is 1. The van der Waals surface area contributed by atoms with E-state index in [1.54, 1.807) is 42.5 Å². The molecule has 0 saturated carbocycles. The third kappa shape index (κ3) is 5.56. The number of carbonyl (C=O) groups is 3. The van der Waals surface area contributed by atoms with Gasteiger partial charge in [-0.1, -0.05) is 11.6 Å². The summed E-state index contributed by atoms with van der Waals surface area (Å²) in [6.45, 7) is 3.10. The Morgan fingerprint density at radius 2 is 1.74 bits per heavy atom. The van der Waals surface area contributed by atoms with Crippen LogP contribution in [0.2, 0.25) is 5.02 Å². The van der Waals surface area contributed by atoms with Crippen LogP contribution >= 0.6 is 11.6 Å². The first kappa shape index (κ1) is 20.5. The van der Waals surface area contributed by atoms with E-state index < -0.39 is 0 Å². The van der Waals surface area contributed by atoms with Crippen molar-refractivity contribution in [3.63, 3.8) is 0 Å². The van der Waals surface area contributed by atoms with Crippen molar-refractivity contribution in [1.29, 1.82) is 0 Å². The summed E-state index contributed by atoms with van der Waals surface area (Å²) in [7, 11) is 1.50. The molecule has 0 heterocycles. The van der Waals surface area contributed by atoms with Crippen LogP contribution in [0.15, 0.2) is 42.5 Å². The van der Waals surface area contributed by atoms with Gasteiger partial charge in [-0.3, -0.25) is 14.4 Å². The van der Waals surface area contributed by atoms with Crippen LogP contribution in [0.1, 0.15) is 30.6 Å². The number of nitrogens with zero attached hydrogens (tertiary/aromatic N) is 1. The number of halogens is 1. The zero-order chi connectivity index (χ0) is 20.0. The Morgan fingerprint density at radius 1 is 1.07 bits per heavy atom. The van der Waals surface area contributed by atoms with Gasteiger partial charge >= 0.3 is 0 Å².